The first-order valence-electron chi connectivity index (χ1n) is 11.3. The molecule has 0 rings (SSSR count). The van der Waals surface area contributed by atoms with E-state index in [2.05, 4.69) is 11.1 Å². The van der Waals surface area contributed by atoms with Crippen molar-refractivity contribution in [2.45, 2.75) is 122 Å². The van der Waals surface area contributed by atoms with Crippen molar-refractivity contribution in [3.8, 4) is 0 Å². The summed E-state index contributed by atoms with van der Waals surface area (Å²) in [7, 11) is -5.00. The first-order valence-corrected chi connectivity index (χ1v) is 12.7. The van der Waals surface area contributed by atoms with E-state index >= 15 is 0 Å². The van der Waals surface area contributed by atoms with Crippen LogP contribution in [0.3, 0.4) is 0 Å². The minimum atomic E-state index is -5.00. The van der Waals surface area contributed by atoms with Gasteiger partial charge < -0.3 is 14.4 Å². The van der Waals surface area contributed by atoms with Crippen LogP contribution in [0.1, 0.15) is 116 Å². The predicted octanol–water partition coefficient (Wildman–Crippen LogP) is 4.71. The third-order valence-electron chi connectivity index (χ3n) is 5.27. The molecule has 29 heavy (non-hydrogen) atoms. The topological polar surface area (TPSA) is 121 Å². The maximum Gasteiger partial charge on any atom is 0.449 e. The van der Waals surface area contributed by atoms with Crippen LogP contribution in [0.2, 0.25) is 0 Å². The molecule has 0 bridgehead atoms. The molecule has 0 aliphatic rings. The first kappa shape index (κ1) is 28.3. The van der Waals surface area contributed by atoms with Crippen LogP contribution in [0.25, 0.3) is 0 Å². The summed E-state index contributed by atoms with van der Waals surface area (Å²) >= 11 is 0. The zero-order valence-corrected chi connectivity index (χ0v) is 18.9. The van der Waals surface area contributed by atoms with Gasteiger partial charge in [-0.05, 0) is 12.8 Å². The SMILES string of the molecule is CCCCCCCCCCCCCCCCCCC(O)(CO)C(=O)OS(=O)(=O)O. The lowest BCUT2D eigenvalue weighted by molar-refractivity contribution is -0.160. The molecule has 0 radical (unpaired) electrons. The number of hydrogen-bond donors (Lipinski definition) is 3. The minimum Gasteiger partial charge on any atom is -0.393 e. The summed E-state index contributed by atoms with van der Waals surface area (Å²) in [6.07, 6.45) is 18.9. The quantitative estimate of drug-likeness (QED) is 0.186. The Hall–Kier alpha value is -0.700. The zero-order valence-electron chi connectivity index (χ0n) is 18.1. The van der Waals surface area contributed by atoms with E-state index in [1.165, 1.54) is 70.6 Å². The second-order valence-corrected chi connectivity index (χ2v) is 9.06. The summed E-state index contributed by atoms with van der Waals surface area (Å²) < 4.78 is 33.3. The summed E-state index contributed by atoms with van der Waals surface area (Å²) in [6.45, 7) is 1.28. The number of hydrogen-bond acceptors (Lipinski definition) is 6. The number of aliphatic hydroxyl groups is 2. The van der Waals surface area contributed by atoms with Crippen molar-refractivity contribution in [1.82, 2.24) is 0 Å². The molecule has 174 valence electrons. The van der Waals surface area contributed by atoms with Crippen LogP contribution in [0.15, 0.2) is 0 Å². The van der Waals surface area contributed by atoms with Gasteiger partial charge in [-0.15, -0.1) is 0 Å². The van der Waals surface area contributed by atoms with E-state index in [1.54, 1.807) is 0 Å². The van der Waals surface area contributed by atoms with E-state index in [1.807, 2.05) is 0 Å². The lowest BCUT2D eigenvalue weighted by atomic mass is 9.96. The van der Waals surface area contributed by atoms with Crippen LogP contribution >= 0.6 is 0 Å². The van der Waals surface area contributed by atoms with E-state index in [0.717, 1.165) is 25.7 Å². The molecule has 8 heteroatoms. The molecule has 0 aliphatic heterocycles. The number of rotatable bonds is 20. The van der Waals surface area contributed by atoms with E-state index < -0.39 is 28.6 Å². The van der Waals surface area contributed by atoms with Crippen LogP contribution < -0.4 is 0 Å². The van der Waals surface area contributed by atoms with Gasteiger partial charge in [0.1, 0.15) is 0 Å². The standard InChI is InChI=1S/C21H42O7S/c1-2-3-4-5-6-7-8-9-10-11-12-13-14-15-16-17-18-21(24,19-22)20(23)28-29(25,26)27/h22,24H,2-19H2,1H3,(H,25,26,27). The fourth-order valence-corrected chi connectivity index (χ4v) is 3.73. The average Bonchev–Trinajstić information content (AvgIpc) is 2.66. The molecule has 0 heterocycles. The molecule has 0 saturated carbocycles. The van der Waals surface area contributed by atoms with Crippen LogP contribution in [-0.2, 0) is 19.4 Å². The minimum absolute atomic E-state index is 0.115. The van der Waals surface area contributed by atoms with Crippen molar-refractivity contribution in [3.63, 3.8) is 0 Å². The molecule has 0 fully saturated rings. The van der Waals surface area contributed by atoms with Crippen molar-refractivity contribution >= 4 is 16.4 Å². The Kier molecular flexibility index (Phi) is 16.6. The first-order chi connectivity index (χ1) is 13.7. The molecule has 0 aromatic heterocycles. The van der Waals surface area contributed by atoms with Gasteiger partial charge in [-0.25, -0.2) is 4.79 Å². The van der Waals surface area contributed by atoms with E-state index in [-0.39, 0.29) is 6.42 Å². The summed E-state index contributed by atoms with van der Waals surface area (Å²) in [5.41, 5.74) is -2.30. The Morgan fingerprint density at radius 1 is 0.759 bits per heavy atom. The number of unbranched alkanes of at least 4 members (excludes halogenated alkanes) is 15. The van der Waals surface area contributed by atoms with Crippen molar-refractivity contribution in [2.24, 2.45) is 0 Å². The lowest BCUT2D eigenvalue weighted by Gasteiger charge is -2.22. The van der Waals surface area contributed by atoms with Gasteiger partial charge in [-0.1, -0.05) is 103 Å². The molecule has 0 aliphatic carbocycles. The van der Waals surface area contributed by atoms with Gasteiger partial charge in [0.05, 0.1) is 6.61 Å². The lowest BCUT2D eigenvalue weighted by Crippen LogP contribution is -2.44. The number of carbonyl (C=O) groups excluding carboxylic acids is 1. The van der Waals surface area contributed by atoms with E-state index in [0.29, 0.717) is 6.42 Å². The van der Waals surface area contributed by atoms with Crippen molar-refractivity contribution in [2.75, 3.05) is 6.61 Å². The maximum absolute atomic E-state index is 11.5. The van der Waals surface area contributed by atoms with E-state index in [4.69, 9.17) is 9.66 Å². The average molecular weight is 439 g/mol. The molecule has 0 saturated heterocycles. The van der Waals surface area contributed by atoms with Crippen LogP contribution in [0, 0.1) is 0 Å². The Balaban J connectivity index is 3.55. The van der Waals surface area contributed by atoms with Crippen molar-refractivity contribution in [3.05, 3.63) is 0 Å². The van der Waals surface area contributed by atoms with Gasteiger partial charge >= 0.3 is 16.4 Å². The molecule has 1 unspecified atom stereocenters. The third-order valence-corrected chi connectivity index (χ3v) is 5.63. The largest absolute Gasteiger partial charge is 0.449 e. The van der Waals surface area contributed by atoms with Gasteiger partial charge in [0.25, 0.3) is 0 Å². The Labute approximate surface area is 177 Å². The molecular weight excluding hydrogens is 396 g/mol. The fraction of sp³-hybridized carbons (Fsp3) is 0.952. The van der Waals surface area contributed by atoms with Crippen molar-refractivity contribution in [1.29, 1.82) is 0 Å². The highest BCUT2D eigenvalue weighted by Gasteiger charge is 2.39. The van der Waals surface area contributed by atoms with Crippen LogP contribution in [-0.4, -0.2) is 41.4 Å². The van der Waals surface area contributed by atoms with Gasteiger partial charge in [0, 0.05) is 0 Å². The van der Waals surface area contributed by atoms with Crippen LogP contribution in [0.5, 0.6) is 0 Å². The monoisotopic (exact) mass is 438 g/mol. The molecule has 0 amide bonds. The molecule has 0 aromatic rings. The number of carbonyl (C=O) groups is 1. The molecule has 3 N–H and O–H groups in total. The molecule has 7 nitrogen and oxygen atoms in total. The second kappa shape index (κ2) is 17.0. The predicted molar refractivity (Wildman–Crippen MR) is 114 cm³/mol. The van der Waals surface area contributed by atoms with Gasteiger partial charge in [-0.2, -0.15) is 8.42 Å². The summed E-state index contributed by atoms with van der Waals surface area (Å²) in [6, 6.07) is 0. The van der Waals surface area contributed by atoms with Gasteiger partial charge in [0.15, 0.2) is 5.60 Å². The van der Waals surface area contributed by atoms with E-state index in [9.17, 15) is 18.3 Å². The highest BCUT2D eigenvalue weighted by atomic mass is 32.3. The van der Waals surface area contributed by atoms with Gasteiger partial charge in [-0.3, -0.25) is 4.55 Å². The fourth-order valence-electron chi connectivity index (χ4n) is 3.38. The maximum atomic E-state index is 11.5. The Bertz CT molecular complexity index is 507. The van der Waals surface area contributed by atoms with Crippen molar-refractivity contribution < 1.29 is 32.2 Å². The second-order valence-electron chi connectivity index (χ2n) is 8.04. The molecule has 0 spiro atoms. The highest BCUT2D eigenvalue weighted by Crippen LogP contribution is 2.19. The third kappa shape index (κ3) is 16.7. The van der Waals surface area contributed by atoms with Gasteiger partial charge in [0.2, 0.25) is 0 Å². The highest BCUT2D eigenvalue weighted by molar-refractivity contribution is 7.81. The number of aliphatic hydroxyl groups excluding tert-OH is 1. The normalized spacial score (nSPS) is 13.9. The zero-order chi connectivity index (χ0) is 22.0. The molecule has 0 aromatic carbocycles. The molecular formula is C21H42O7S. The van der Waals surface area contributed by atoms with Crippen LogP contribution in [0.4, 0.5) is 0 Å². The Morgan fingerprint density at radius 3 is 1.41 bits per heavy atom. The summed E-state index contributed by atoms with van der Waals surface area (Å²) in [5.74, 6) is -1.55. The summed E-state index contributed by atoms with van der Waals surface area (Å²) in [5, 5.41) is 19.1. The molecule has 1 atom stereocenters. The Morgan fingerprint density at radius 2 is 1.10 bits per heavy atom. The smallest absolute Gasteiger partial charge is 0.393 e. The summed E-state index contributed by atoms with van der Waals surface area (Å²) in [4.78, 5) is 11.5.